The minimum Gasteiger partial charge on any atom is -0.483 e. The first kappa shape index (κ1) is 12.9. The van der Waals surface area contributed by atoms with Crippen molar-refractivity contribution in [3.8, 4) is 5.75 Å². The fourth-order valence-electron chi connectivity index (χ4n) is 1.37. The second-order valence-electron chi connectivity index (χ2n) is 3.53. The highest BCUT2D eigenvalue weighted by Gasteiger charge is 2.10. The third kappa shape index (κ3) is 3.79. The summed E-state index contributed by atoms with van der Waals surface area (Å²) in [6.07, 6.45) is 1.21. The molecule has 0 fully saturated rings. The molecule has 0 aliphatic rings. The van der Waals surface area contributed by atoms with Crippen LogP contribution in [0.3, 0.4) is 0 Å². The summed E-state index contributed by atoms with van der Waals surface area (Å²) in [5.74, 6) is 0.751. The number of hydrogen-bond acceptors (Lipinski definition) is 3. The highest BCUT2D eigenvalue weighted by molar-refractivity contribution is 7.80. The Kier molecular flexibility index (Phi) is 5.22. The molecular weight excluding hydrogens is 222 g/mol. The lowest BCUT2D eigenvalue weighted by atomic mass is 10.1. The molecule has 0 aromatic heterocycles. The molecule has 0 radical (unpaired) electrons. The molecule has 1 aromatic carbocycles. The number of ether oxygens (including phenoxy) is 1. The van der Waals surface area contributed by atoms with E-state index >= 15 is 0 Å². The van der Waals surface area contributed by atoms with E-state index in [1.807, 2.05) is 31.2 Å². The van der Waals surface area contributed by atoms with E-state index in [1.165, 1.54) is 0 Å². The first-order valence-electron chi connectivity index (χ1n) is 5.33. The Hall–Kier alpha value is -1.13. The van der Waals surface area contributed by atoms with Gasteiger partial charge in [-0.2, -0.15) is 0 Å². The molecule has 16 heavy (non-hydrogen) atoms. The quantitative estimate of drug-likeness (QED) is 0.741. The smallest absolute Gasteiger partial charge is 0.148 e. The molecule has 0 saturated carbocycles. The van der Waals surface area contributed by atoms with Gasteiger partial charge in [-0.25, -0.2) is 0 Å². The van der Waals surface area contributed by atoms with Crippen LogP contribution >= 0.6 is 12.2 Å². The Labute approximate surface area is 101 Å². The number of aliphatic hydroxyl groups excluding tert-OH is 1. The van der Waals surface area contributed by atoms with Crippen molar-refractivity contribution in [3.05, 3.63) is 29.8 Å². The van der Waals surface area contributed by atoms with Crippen LogP contribution in [-0.2, 0) is 6.42 Å². The third-order valence-electron chi connectivity index (χ3n) is 2.29. The van der Waals surface area contributed by atoms with Crippen molar-refractivity contribution in [2.45, 2.75) is 25.9 Å². The zero-order chi connectivity index (χ0) is 12.0. The number of nitrogens with two attached hydrogens (primary N) is 1. The maximum Gasteiger partial charge on any atom is 0.148 e. The van der Waals surface area contributed by atoms with Gasteiger partial charge in [-0.1, -0.05) is 31.3 Å². The predicted octanol–water partition coefficient (Wildman–Crippen LogP) is 1.66. The highest BCUT2D eigenvalue weighted by atomic mass is 32.1. The van der Waals surface area contributed by atoms with E-state index in [0.29, 0.717) is 11.4 Å². The number of thiocarbonyl (C=S) groups is 1. The van der Waals surface area contributed by atoms with Crippen LogP contribution in [0, 0.1) is 0 Å². The number of benzene rings is 1. The van der Waals surface area contributed by atoms with Gasteiger partial charge in [-0.15, -0.1) is 0 Å². The van der Waals surface area contributed by atoms with Crippen molar-refractivity contribution in [3.63, 3.8) is 0 Å². The molecule has 0 heterocycles. The molecule has 0 spiro atoms. The largest absolute Gasteiger partial charge is 0.483 e. The number of rotatable bonds is 6. The molecule has 4 heteroatoms. The molecule has 1 aromatic rings. The van der Waals surface area contributed by atoms with Crippen LogP contribution in [0.15, 0.2) is 24.3 Å². The predicted molar refractivity (Wildman–Crippen MR) is 68.7 cm³/mol. The Bertz CT molecular complexity index is 337. The second kappa shape index (κ2) is 6.45. The van der Waals surface area contributed by atoms with Crippen LogP contribution in [0.4, 0.5) is 0 Å². The van der Waals surface area contributed by atoms with Crippen molar-refractivity contribution >= 4 is 17.2 Å². The number of hydrogen-bond donors (Lipinski definition) is 2. The molecule has 1 unspecified atom stereocenters. The first-order chi connectivity index (χ1) is 7.67. The van der Waals surface area contributed by atoms with Gasteiger partial charge in [0.15, 0.2) is 0 Å². The fraction of sp³-hybridized carbons (Fsp3) is 0.417. The molecule has 0 aliphatic carbocycles. The zero-order valence-electron chi connectivity index (χ0n) is 9.35. The van der Waals surface area contributed by atoms with Crippen LogP contribution < -0.4 is 10.5 Å². The molecule has 1 rings (SSSR count). The SMILES string of the molecule is CCC(Oc1ccc(CCO)cc1)C(N)=S. The molecule has 88 valence electrons. The van der Waals surface area contributed by atoms with Crippen LogP contribution in [0.25, 0.3) is 0 Å². The summed E-state index contributed by atoms with van der Waals surface area (Å²) < 4.78 is 5.63. The van der Waals surface area contributed by atoms with Gasteiger partial charge in [0.05, 0.1) is 0 Å². The van der Waals surface area contributed by atoms with Crippen LogP contribution in [0.1, 0.15) is 18.9 Å². The molecule has 1 atom stereocenters. The van der Waals surface area contributed by atoms with Crippen LogP contribution in [0.2, 0.25) is 0 Å². The summed E-state index contributed by atoms with van der Waals surface area (Å²) in [6, 6.07) is 7.59. The van der Waals surface area contributed by atoms with E-state index in [1.54, 1.807) is 0 Å². The van der Waals surface area contributed by atoms with Gasteiger partial charge in [0.1, 0.15) is 16.8 Å². The monoisotopic (exact) mass is 239 g/mol. The molecule has 0 saturated heterocycles. The van der Waals surface area contributed by atoms with E-state index in [2.05, 4.69) is 0 Å². The first-order valence-corrected chi connectivity index (χ1v) is 5.74. The summed E-state index contributed by atoms with van der Waals surface area (Å²) in [7, 11) is 0. The van der Waals surface area contributed by atoms with E-state index in [4.69, 9.17) is 27.8 Å². The van der Waals surface area contributed by atoms with Crippen molar-refractivity contribution in [2.24, 2.45) is 5.73 Å². The van der Waals surface area contributed by atoms with Crippen LogP contribution in [-0.4, -0.2) is 22.8 Å². The average Bonchev–Trinajstić information content (AvgIpc) is 2.28. The highest BCUT2D eigenvalue weighted by Crippen LogP contribution is 2.15. The summed E-state index contributed by atoms with van der Waals surface area (Å²) >= 11 is 4.90. The minimum atomic E-state index is -0.210. The standard InChI is InChI=1S/C12H17NO2S/c1-2-11(12(13)16)15-10-5-3-9(4-6-10)7-8-14/h3-6,11,14H,2,7-8H2,1H3,(H2,13,16). The third-order valence-corrected chi connectivity index (χ3v) is 2.55. The lowest BCUT2D eigenvalue weighted by Crippen LogP contribution is -2.31. The maximum atomic E-state index is 8.78. The molecular formula is C12H17NO2S. The maximum absolute atomic E-state index is 8.78. The van der Waals surface area contributed by atoms with Gasteiger partial charge >= 0.3 is 0 Å². The number of aliphatic hydroxyl groups is 1. The van der Waals surface area contributed by atoms with Crippen molar-refractivity contribution < 1.29 is 9.84 Å². The molecule has 0 amide bonds. The van der Waals surface area contributed by atoms with E-state index in [0.717, 1.165) is 17.7 Å². The molecule has 0 bridgehead atoms. The lowest BCUT2D eigenvalue weighted by Gasteiger charge is -2.16. The van der Waals surface area contributed by atoms with Crippen molar-refractivity contribution in [1.29, 1.82) is 0 Å². The second-order valence-corrected chi connectivity index (χ2v) is 4.01. The minimum absolute atomic E-state index is 0.157. The van der Waals surface area contributed by atoms with E-state index in [9.17, 15) is 0 Å². The molecule has 3 N–H and O–H groups in total. The van der Waals surface area contributed by atoms with Gasteiger partial charge in [-0.05, 0) is 30.5 Å². The van der Waals surface area contributed by atoms with Gasteiger partial charge < -0.3 is 15.6 Å². The van der Waals surface area contributed by atoms with Crippen molar-refractivity contribution in [2.75, 3.05) is 6.61 Å². The fourth-order valence-corrected chi connectivity index (χ4v) is 1.59. The Morgan fingerprint density at radius 3 is 2.50 bits per heavy atom. The topological polar surface area (TPSA) is 55.5 Å². The Balaban J connectivity index is 2.63. The summed E-state index contributed by atoms with van der Waals surface area (Å²) in [4.78, 5) is 0.377. The lowest BCUT2D eigenvalue weighted by molar-refractivity contribution is 0.263. The zero-order valence-corrected chi connectivity index (χ0v) is 10.2. The molecule has 0 aliphatic heterocycles. The van der Waals surface area contributed by atoms with Gasteiger partial charge in [0.25, 0.3) is 0 Å². The Morgan fingerprint density at radius 2 is 2.06 bits per heavy atom. The summed E-state index contributed by atoms with van der Waals surface area (Å²) in [5.41, 5.74) is 6.63. The molecule has 3 nitrogen and oxygen atoms in total. The van der Waals surface area contributed by atoms with E-state index < -0.39 is 0 Å². The van der Waals surface area contributed by atoms with Crippen LogP contribution in [0.5, 0.6) is 5.75 Å². The Morgan fingerprint density at radius 1 is 1.44 bits per heavy atom. The van der Waals surface area contributed by atoms with Gasteiger partial charge in [0, 0.05) is 6.61 Å². The van der Waals surface area contributed by atoms with Gasteiger partial charge in [0.2, 0.25) is 0 Å². The average molecular weight is 239 g/mol. The van der Waals surface area contributed by atoms with Crippen molar-refractivity contribution in [1.82, 2.24) is 0 Å². The normalized spacial score (nSPS) is 12.1. The van der Waals surface area contributed by atoms with E-state index in [-0.39, 0.29) is 12.7 Å². The summed E-state index contributed by atoms with van der Waals surface area (Å²) in [6.45, 7) is 2.13. The van der Waals surface area contributed by atoms with Gasteiger partial charge in [-0.3, -0.25) is 0 Å². The summed E-state index contributed by atoms with van der Waals surface area (Å²) in [5, 5.41) is 8.78.